The van der Waals surface area contributed by atoms with Crippen molar-refractivity contribution in [2.75, 3.05) is 0 Å². The van der Waals surface area contributed by atoms with Crippen molar-refractivity contribution in [1.29, 1.82) is 0 Å². The first-order chi connectivity index (χ1) is 6.59. The monoisotopic (exact) mass is 193 g/mol. The molecule has 0 saturated carbocycles. The largest absolute Gasteiger partial charge is 0.366 e. The summed E-state index contributed by atoms with van der Waals surface area (Å²) >= 11 is 0. The number of hydrogen-bond acceptors (Lipinski definition) is 4. The Morgan fingerprint density at radius 2 is 2.36 bits per heavy atom. The number of aromatic nitrogens is 1. The molecule has 0 fully saturated rings. The quantitative estimate of drug-likeness (QED) is 0.429. The van der Waals surface area contributed by atoms with Crippen molar-refractivity contribution < 1.29 is 9.72 Å². The number of nitrogens with zero attached hydrogens (tertiary/aromatic N) is 2. The van der Waals surface area contributed by atoms with Crippen molar-refractivity contribution in [1.82, 2.24) is 4.98 Å². The van der Waals surface area contributed by atoms with E-state index in [4.69, 9.17) is 5.73 Å². The van der Waals surface area contributed by atoms with Gasteiger partial charge in [0.05, 0.1) is 10.6 Å². The average Bonchev–Trinajstić information content (AvgIpc) is 2.15. The van der Waals surface area contributed by atoms with Gasteiger partial charge in [-0.3, -0.25) is 19.9 Å². The molecule has 0 aromatic carbocycles. The van der Waals surface area contributed by atoms with E-state index in [-0.39, 0.29) is 5.69 Å². The molecule has 1 aromatic rings. The number of nitrogens with two attached hydrogens (primary N) is 1. The molecule has 0 atom stereocenters. The van der Waals surface area contributed by atoms with Crippen molar-refractivity contribution in [3.63, 3.8) is 0 Å². The highest BCUT2D eigenvalue weighted by Gasteiger charge is 2.04. The zero-order valence-electron chi connectivity index (χ0n) is 7.08. The van der Waals surface area contributed by atoms with E-state index in [1.807, 2.05) is 0 Å². The number of carbonyl (C=O) groups is 1. The molecule has 0 bridgehead atoms. The molecule has 2 N–H and O–H groups in total. The van der Waals surface area contributed by atoms with Gasteiger partial charge in [0.2, 0.25) is 5.91 Å². The highest BCUT2D eigenvalue weighted by molar-refractivity contribution is 5.90. The molecule has 0 unspecified atom stereocenters. The van der Waals surface area contributed by atoms with Crippen LogP contribution in [0.4, 0.5) is 5.69 Å². The summed E-state index contributed by atoms with van der Waals surface area (Å²) in [6, 6.07) is 2.51. The van der Waals surface area contributed by atoms with Crippen LogP contribution in [-0.4, -0.2) is 15.8 Å². The number of primary amides is 1. The Hall–Kier alpha value is -2.24. The fourth-order valence-electron chi connectivity index (χ4n) is 0.809. The van der Waals surface area contributed by atoms with E-state index in [9.17, 15) is 14.9 Å². The Balaban J connectivity index is 2.94. The Labute approximate surface area is 79.2 Å². The Kier molecular flexibility index (Phi) is 2.90. The molecule has 1 rings (SSSR count). The van der Waals surface area contributed by atoms with Gasteiger partial charge in [-0.05, 0) is 6.08 Å². The maximum atomic E-state index is 10.4. The third-order valence-corrected chi connectivity index (χ3v) is 1.39. The normalized spacial score (nSPS) is 10.3. The van der Waals surface area contributed by atoms with Gasteiger partial charge in [-0.15, -0.1) is 0 Å². The molecule has 0 saturated heterocycles. The van der Waals surface area contributed by atoms with E-state index in [0.29, 0.717) is 5.69 Å². The minimum absolute atomic E-state index is 0.0795. The summed E-state index contributed by atoms with van der Waals surface area (Å²) in [6.07, 6.45) is 3.69. The molecule has 0 aliphatic carbocycles. The molecular formula is C8H7N3O3. The molecule has 1 amide bonds. The molecule has 6 heteroatoms. The molecule has 72 valence electrons. The second-order valence-electron chi connectivity index (χ2n) is 2.43. The standard InChI is InChI=1S/C8H7N3O3/c9-8(12)2-1-6-5-7(11(13)14)3-4-10-6/h1-5H,(H2,9,12). The molecule has 1 aromatic heterocycles. The van der Waals surface area contributed by atoms with E-state index >= 15 is 0 Å². The SMILES string of the molecule is NC(=O)C=Cc1cc([N+](=O)[O-])ccn1. The lowest BCUT2D eigenvalue weighted by Gasteiger charge is -1.92. The van der Waals surface area contributed by atoms with E-state index < -0.39 is 10.8 Å². The zero-order chi connectivity index (χ0) is 10.6. The van der Waals surface area contributed by atoms with Gasteiger partial charge in [0.25, 0.3) is 5.69 Å². The summed E-state index contributed by atoms with van der Waals surface area (Å²) < 4.78 is 0. The second-order valence-corrected chi connectivity index (χ2v) is 2.43. The van der Waals surface area contributed by atoms with Crippen LogP contribution in [0.25, 0.3) is 6.08 Å². The summed E-state index contributed by atoms with van der Waals surface area (Å²) in [6.45, 7) is 0. The molecular weight excluding hydrogens is 186 g/mol. The Bertz CT molecular complexity index is 401. The van der Waals surface area contributed by atoms with E-state index in [2.05, 4.69) is 4.98 Å². The lowest BCUT2D eigenvalue weighted by molar-refractivity contribution is -0.384. The molecule has 0 aliphatic rings. The highest BCUT2D eigenvalue weighted by Crippen LogP contribution is 2.11. The van der Waals surface area contributed by atoms with Crippen LogP contribution in [0.15, 0.2) is 24.4 Å². The zero-order valence-corrected chi connectivity index (χ0v) is 7.08. The predicted octanol–water partition coefficient (Wildman–Crippen LogP) is 0.488. The molecule has 1 heterocycles. The van der Waals surface area contributed by atoms with Gasteiger partial charge >= 0.3 is 0 Å². The number of pyridine rings is 1. The summed E-state index contributed by atoms with van der Waals surface area (Å²) in [4.78, 5) is 24.0. The Morgan fingerprint density at radius 1 is 1.64 bits per heavy atom. The topological polar surface area (TPSA) is 99.1 Å². The van der Waals surface area contributed by atoms with E-state index in [1.165, 1.54) is 24.4 Å². The van der Waals surface area contributed by atoms with Gasteiger partial charge in [-0.25, -0.2) is 0 Å². The highest BCUT2D eigenvalue weighted by atomic mass is 16.6. The van der Waals surface area contributed by atoms with Crippen molar-refractivity contribution in [2.45, 2.75) is 0 Å². The van der Waals surface area contributed by atoms with Gasteiger partial charge in [0.15, 0.2) is 0 Å². The van der Waals surface area contributed by atoms with Gasteiger partial charge in [0, 0.05) is 24.4 Å². The van der Waals surface area contributed by atoms with Crippen LogP contribution in [0.1, 0.15) is 5.69 Å². The van der Waals surface area contributed by atoms with Crippen LogP contribution in [0.2, 0.25) is 0 Å². The van der Waals surface area contributed by atoms with Crippen LogP contribution >= 0.6 is 0 Å². The van der Waals surface area contributed by atoms with Gasteiger partial charge in [-0.1, -0.05) is 0 Å². The maximum absolute atomic E-state index is 10.4. The van der Waals surface area contributed by atoms with Gasteiger partial charge in [-0.2, -0.15) is 0 Å². The molecule has 14 heavy (non-hydrogen) atoms. The lowest BCUT2D eigenvalue weighted by Crippen LogP contribution is -2.05. The first kappa shape index (κ1) is 9.85. The fraction of sp³-hybridized carbons (Fsp3) is 0. The van der Waals surface area contributed by atoms with E-state index in [0.717, 1.165) is 6.08 Å². The number of hydrogen-bond donors (Lipinski definition) is 1. The van der Waals surface area contributed by atoms with Crippen LogP contribution < -0.4 is 5.73 Å². The van der Waals surface area contributed by atoms with Crippen LogP contribution in [0.5, 0.6) is 0 Å². The van der Waals surface area contributed by atoms with E-state index in [1.54, 1.807) is 0 Å². The van der Waals surface area contributed by atoms with Crippen molar-refractivity contribution >= 4 is 17.7 Å². The summed E-state index contributed by atoms with van der Waals surface area (Å²) in [5.74, 6) is -0.627. The minimum atomic E-state index is -0.627. The van der Waals surface area contributed by atoms with Crippen LogP contribution in [0, 0.1) is 10.1 Å². The van der Waals surface area contributed by atoms with Crippen LogP contribution in [0.3, 0.4) is 0 Å². The number of nitro groups is 1. The maximum Gasteiger partial charge on any atom is 0.273 e. The smallest absolute Gasteiger partial charge is 0.273 e. The molecule has 0 spiro atoms. The fourth-order valence-corrected chi connectivity index (χ4v) is 0.809. The van der Waals surface area contributed by atoms with Crippen LogP contribution in [-0.2, 0) is 4.79 Å². The first-order valence-electron chi connectivity index (χ1n) is 3.67. The third kappa shape index (κ3) is 2.67. The summed E-state index contributed by atoms with van der Waals surface area (Å²) in [5.41, 5.74) is 5.09. The average molecular weight is 193 g/mol. The van der Waals surface area contributed by atoms with Crippen molar-refractivity contribution in [3.05, 3.63) is 40.2 Å². The second kappa shape index (κ2) is 4.13. The molecule has 0 aliphatic heterocycles. The summed E-state index contributed by atoms with van der Waals surface area (Å²) in [7, 11) is 0. The lowest BCUT2D eigenvalue weighted by atomic mass is 10.3. The van der Waals surface area contributed by atoms with Crippen molar-refractivity contribution in [3.8, 4) is 0 Å². The first-order valence-corrected chi connectivity index (χ1v) is 3.67. The minimum Gasteiger partial charge on any atom is -0.366 e. The number of carbonyl (C=O) groups excluding carboxylic acids is 1. The van der Waals surface area contributed by atoms with Gasteiger partial charge in [0.1, 0.15) is 0 Å². The molecule has 6 nitrogen and oxygen atoms in total. The van der Waals surface area contributed by atoms with Gasteiger partial charge < -0.3 is 5.73 Å². The summed E-state index contributed by atoms with van der Waals surface area (Å²) in [5, 5.41) is 10.4. The third-order valence-electron chi connectivity index (χ3n) is 1.39. The number of amides is 1. The number of rotatable bonds is 3. The molecule has 0 radical (unpaired) electrons. The van der Waals surface area contributed by atoms with Crippen molar-refractivity contribution in [2.24, 2.45) is 5.73 Å². The Morgan fingerprint density at radius 3 is 2.93 bits per heavy atom. The predicted molar refractivity (Wildman–Crippen MR) is 49.1 cm³/mol.